The highest BCUT2D eigenvalue weighted by Crippen LogP contribution is 2.35. The number of hydrogen-bond acceptors (Lipinski definition) is 2. The molecule has 0 radical (unpaired) electrons. The minimum absolute atomic E-state index is 0.127. The number of hydrogen-bond donors (Lipinski definition) is 1. The minimum Gasteiger partial charge on any atom is -0.355 e. The molecule has 0 fully saturated rings. The van der Waals surface area contributed by atoms with Gasteiger partial charge < -0.3 is 10.2 Å². The fraction of sp³-hybridized carbons (Fsp3) is 0.385. The second-order valence-electron chi connectivity index (χ2n) is 4.31. The van der Waals surface area contributed by atoms with Gasteiger partial charge in [-0.2, -0.15) is 13.2 Å². The average Bonchev–Trinajstić information content (AvgIpc) is 2.37. The van der Waals surface area contributed by atoms with Gasteiger partial charge in [-0.3, -0.25) is 9.59 Å². The maximum Gasteiger partial charge on any atom is 0.417 e. The Hall–Kier alpha value is -1.57. The van der Waals surface area contributed by atoms with Crippen LogP contribution in [-0.2, 0) is 11.0 Å². The lowest BCUT2D eigenvalue weighted by Gasteiger charge is -2.18. The molecule has 0 atom stereocenters. The second-order valence-corrected chi connectivity index (χ2v) is 5.16. The van der Waals surface area contributed by atoms with Crippen molar-refractivity contribution in [1.29, 1.82) is 0 Å². The summed E-state index contributed by atoms with van der Waals surface area (Å²) in [5.41, 5.74) is -1.06. The normalized spacial score (nSPS) is 11.1. The Morgan fingerprint density at radius 1 is 1.33 bits per heavy atom. The molecule has 0 bridgehead atoms. The van der Waals surface area contributed by atoms with Crippen molar-refractivity contribution in [1.82, 2.24) is 10.2 Å². The highest BCUT2D eigenvalue weighted by molar-refractivity contribution is 9.10. The van der Waals surface area contributed by atoms with Gasteiger partial charge in [-0.05, 0) is 25.1 Å². The number of amides is 2. The second kappa shape index (κ2) is 6.93. The van der Waals surface area contributed by atoms with E-state index >= 15 is 0 Å². The molecule has 0 aliphatic heterocycles. The van der Waals surface area contributed by atoms with Gasteiger partial charge in [0.1, 0.15) is 0 Å². The molecule has 0 aliphatic carbocycles. The number of alkyl halides is 3. The maximum absolute atomic E-state index is 12.8. The standard InChI is InChI=1S/C13H14BrF3N2O2/c1-3-18-11(20)7-19(2)12(21)8-4-5-10(14)9(6-8)13(15,16)17/h4-6H,3,7H2,1-2H3,(H,18,20). The fourth-order valence-corrected chi connectivity index (χ4v) is 2.11. The van der Waals surface area contributed by atoms with Crippen molar-refractivity contribution in [3.8, 4) is 0 Å². The lowest BCUT2D eigenvalue weighted by Crippen LogP contribution is -2.38. The zero-order valence-corrected chi connectivity index (χ0v) is 13.0. The molecule has 0 unspecified atom stereocenters. The number of nitrogens with zero attached hydrogens (tertiary/aromatic N) is 1. The SMILES string of the molecule is CCNC(=O)CN(C)C(=O)c1ccc(Br)c(C(F)(F)F)c1. The molecule has 0 aromatic heterocycles. The third-order valence-corrected chi connectivity index (χ3v) is 3.31. The first kappa shape index (κ1) is 17.5. The number of carbonyl (C=O) groups is 2. The molecule has 0 heterocycles. The number of benzene rings is 1. The van der Waals surface area contributed by atoms with Crippen LogP contribution in [-0.4, -0.2) is 36.9 Å². The van der Waals surface area contributed by atoms with E-state index in [4.69, 9.17) is 0 Å². The number of carbonyl (C=O) groups excluding carboxylic acids is 2. The van der Waals surface area contributed by atoms with E-state index in [9.17, 15) is 22.8 Å². The van der Waals surface area contributed by atoms with E-state index in [1.165, 1.54) is 13.1 Å². The van der Waals surface area contributed by atoms with Crippen LogP contribution in [0.3, 0.4) is 0 Å². The quantitative estimate of drug-likeness (QED) is 0.890. The minimum atomic E-state index is -4.56. The molecule has 0 saturated heterocycles. The predicted molar refractivity (Wildman–Crippen MR) is 74.8 cm³/mol. The highest BCUT2D eigenvalue weighted by atomic mass is 79.9. The number of rotatable bonds is 4. The molecule has 0 aliphatic rings. The van der Waals surface area contributed by atoms with Crippen LogP contribution in [0.1, 0.15) is 22.8 Å². The largest absolute Gasteiger partial charge is 0.417 e. The lowest BCUT2D eigenvalue weighted by molar-refractivity contribution is -0.138. The summed E-state index contributed by atoms with van der Waals surface area (Å²) in [5, 5.41) is 2.51. The Labute approximate surface area is 128 Å². The maximum atomic E-state index is 12.8. The van der Waals surface area contributed by atoms with Gasteiger partial charge in [0.25, 0.3) is 5.91 Å². The van der Waals surface area contributed by atoms with Crippen molar-refractivity contribution in [2.75, 3.05) is 20.1 Å². The molecule has 0 saturated carbocycles. The lowest BCUT2D eigenvalue weighted by atomic mass is 10.1. The van der Waals surface area contributed by atoms with Crippen LogP contribution in [0, 0.1) is 0 Å². The zero-order valence-electron chi connectivity index (χ0n) is 11.4. The molecule has 21 heavy (non-hydrogen) atoms. The van der Waals surface area contributed by atoms with Crippen LogP contribution in [0.5, 0.6) is 0 Å². The summed E-state index contributed by atoms with van der Waals surface area (Å²) in [6.07, 6.45) is -4.56. The summed E-state index contributed by atoms with van der Waals surface area (Å²) < 4.78 is 38.2. The summed E-state index contributed by atoms with van der Waals surface area (Å²) in [6.45, 7) is 1.92. The number of halogens is 4. The molecular weight excluding hydrogens is 353 g/mol. The molecule has 116 valence electrons. The van der Waals surface area contributed by atoms with Crippen molar-refractivity contribution in [2.45, 2.75) is 13.1 Å². The van der Waals surface area contributed by atoms with Crippen molar-refractivity contribution in [2.24, 2.45) is 0 Å². The van der Waals surface area contributed by atoms with E-state index in [2.05, 4.69) is 21.2 Å². The van der Waals surface area contributed by atoms with Crippen LogP contribution in [0.15, 0.2) is 22.7 Å². The van der Waals surface area contributed by atoms with E-state index in [-0.39, 0.29) is 22.5 Å². The molecule has 8 heteroatoms. The first-order chi connectivity index (χ1) is 9.66. The van der Waals surface area contributed by atoms with Gasteiger partial charge in [0, 0.05) is 23.6 Å². The third kappa shape index (κ3) is 4.73. The van der Waals surface area contributed by atoms with Gasteiger partial charge in [-0.1, -0.05) is 15.9 Å². The molecule has 0 spiro atoms. The Kier molecular flexibility index (Phi) is 5.77. The van der Waals surface area contributed by atoms with Gasteiger partial charge in [-0.15, -0.1) is 0 Å². The van der Waals surface area contributed by atoms with Crippen molar-refractivity contribution in [3.63, 3.8) is 0 Å². The van der Waals surface area contributed by atoms with E-state index in [0.717, 1.165) is 17.0 Å². The summed E-state index contributed by atoms with van der Waals surface area (Å²) in [6, 6.07) is 3.20. The first-order valence-corrected chi connectivity index (χ1v) is 6.85. The summed E-state index contributed by atoms with van der Waals surface area (Å²) in [5.74, 6) is -1.03. The highest BCUT2D eigenvalue weighted by Gasteiger charge is 2.33. The van der Waals surface area contributed by atoms with E-state index in [0.29, 0.717) is 6.54 Å². The van der Waals surface area contributed by atoms with Gasteiger partial charge in [0.15, 0.2) is 0 Å². The van der Waals surface area contributed by atoms with Crippen LogP contribution < -0.4 is 5.32 Å². The monoisotopic (exact) mass is 366 g/mol. The van der Waals surface area contributed by atoms with E-state index in [1.807, 2.05) is 0 Å². The molecule has 1 N–H and O–H groups in total. The summed E-state index contributed by atoms with van der Waals surface area (Å²) >= 11 is 2.80. The Morgan fingerprint density at radius 3 is 2.48 bits per heavy atom. The Bertz CT molecular complexity index is 547. The molecule has 1 aromatic rings. The smallest absolute Gasteiger partial charge is 0.355 e. The van der Waals surface area contributed by atoms with Crippen molar-refractivity contribution in [3.05, 3.63) is 33.8 Å². The zero-order chi connectivity index (χ0) is 16.2. The Balaban J connectivity index is 2.95. The van der Waals surface area contributed by atoms with Crippen molar-refractivity contribution >= 4 is 27.7 Å². The van der Waals surface area contributed by atoms with Gasteiger partial charge in [0.05, 0.1) is 12.1 Å². The van der Waals surface area contributed by atoms with E-state index in [1.54, 1.807) is 6.92 Å². The van der Waals surface area contributed by atoms with Crippen LogP contribution in [0.2, 0.25) is 0 Å². The van der Waals surface area contributed by atoms with E-state index < -0.39 is 17.6 Å². The molecule has 2 amide bonds. The summed E-state index contributed by atoms with van der Waals surface area (Å²) in [7, 11) is 1.35. The van der Waals surface area contributed by atoms with Crippen LogP contribution in [0.25, 0.3) is 0 Å². The van der Waals surface area contributed by atoms with Crippen molar-refractivity contribution < 1.29 is 22.8 Å². The first-order valence-electron chi connectivity index (χ1n) is 6.05. The van der Waals surface area contributed by atoms with Gasteiger partial charge in [0.2, 0.25) is 5.91 Å². The molecule has 1 aromatic carbocycles. The molecule has 4 nitrogen and oxygen atoms in total. The predicted octanol–water partition coefficient (Wildman–Crippen LogP) is 2.68. The number of likely N-dealkylation sites (N-methyl/N-ethyl adjacent to an activating group) is 2. The number of nitrogens with one attached hydrogen (secondary N) is 1. The summed E-state index contributed by atoms with van der Waals surface area (Å²) in [4.78, 5) is 24.5. The average molecular weight is 367 g/mol. The van der Waals surface area contributed by atoms with Crippen LogP contribution >= 0.6 is 15.9 Å². The molecule has 1 rings (SSSR count). The molecular formula is C13H14BrF3N2O2. The van der Waals surface area contributed by atoms with Crippen LogP contribution in [0.4, 0.5) is 13.2 Å². The fourth-order valence-electron chi connectivity index (χ4n) is 1.64. The Morgan fingerprint density at radius 2 is 1.95 bits per heavy atom. The topological polar surface area (TPSA) is 49.4 Å². The van der Waals surface area contributed by atoms with Gasteiger partial charge in [-0.25, -0.2) is 0 Å². The third-order valence-electron chi connectivity index (χ3n) is 2.62. The van der Waals surface area contributed by atoms with Gasteiger partial charge >= 0.3 is 6.18 Å².